The monoisotopic (exact) mass is 485 g/mol. The quantitative estimate of drug-likeness (QED) is 0.296. The van der Waals surface area contributed by atoms with Crippen molar-refractivity contribution in [3.63, 3.8) is 0 Å². The highest BCUT2D eigenvalue weighted by Gasteiger charge is 2.13. The predicted octanol–water partition coefficient (Wildman–Crippen LogP) is 5.99. The third-order valence-corrected chi connectivity index (χ3v) is 6.02. The first-order valence-corrected chi connectivity index (χ1v) is 12.0. The van der Waals surface area contributed by atoms with Gasteiger partial charge in [0.15, 0.2) is 12.4 Å². The molecule has 1 aromatic heterocycles. The fourth-order valence-electron chi connectivity index (χ4n) is 4.21. The van der Waals surface area contributed by atoms with Crippen molar-refractivity contribution >= 4 is 40.2 Å². The summed E-state index contributed by atoms with van der Waals surface area (Å²) in [5, 5.41) is 7.21. The van der Waals surface area contributed by atoms with Crippen LogP contribution in [0.15, 0.2) is 102 Å². The van der Waals surface area contributed by atoms with Crippen molar-refractivity contribution in [2.45, 2.75) is 6.54 Å². The molecule has 6 rings (SSSR count). The number of nitrogens with one attached hydrogen (secondary N) is 2. The Bertz CT molecular complexity index is 1630. The average Bonchev–Trinajstić information content (AvgIpc) is 3.41. The maximum atomic E-state index is 12.3. The maximum absolute atomic E-state index is 12.3. The number of anilines is 3. The van der Waals surface area contributed by atoms with E-state index >= 15 is 0 Å². The van der Waals surface area contributed by atoms with E-state index in [1.807, 2.05) is 91.1 Å². The van der Waals surface area contributed by atoms with Crippen molar-refractivity contribution in [1.82, 2.24) is 9.97 Å². The van der Waals surface area contributed by atoms with Gasteiger partial charge in [-0.1, -0.05) is 48.5 Å². The number of aliphatic imine (C=N–C) groups is 1. The summed E-state index contributed by atoms with van der Waals surface area (Å²) in [5.74, 6) is 1.60. The average molecular weight is 486 g/mol. The van der Waals surface area contributed by atoms with Crippen molar-refractivity contribution in [3.05, 3.63) is 108 Å². The molecule has 2 N–H and O–H groups in total. The first-order chi connectivity index (χ1) is 18.2. The third kappa shape index (κ3) is 5.01. The summed E-state index contributed by atoms with van der Waals surface area (Å²) in [4.78, 5) is 26.3. The second-order valence-corrected chi connectivity index (χ2v) is 8.65. The molecule has 1 amide bonds. The van der Waals surface area contributed by atoms with Gasteiger partial charge in [0.25, 0.3) is 5.91 Å². The van der Waals surface area contributed by atoms with E-state index in [0.29, 0.717) is 17.4 Å². The Hall–Kier alpha value is -5.04. The molecule has 7 heteroatoms. The van der Waals surface area contributed by atoms with Crippen molar-refractivity contribution in [1.29, 1.82) is 0 Å². The molecule has 0 radical (unpaired) electrons. The van der Waals surface area contributed by atoms with Gasteiger partial charge in [0, 0.05) is 28.5 Å². The van der Waals surface area contributed by atoms with Gasteiger partial charge in [-0.05, 0) is 59.7 Å². The Labute approximate surface area is 213 Å². The minimum absolute atomic E-state index is 0.106. The Kier molecular flexibility index (Phi) is 6.01. The van der Waals surface area contributed by atoms with E-state index in [-0.39, 0.29) is 12.5 Å². The van der Waals surface area contributed by atoms with E-state index in [0.717, 1.165) is 39.9 Å². The number of hydrogen-bond acceptors (Lipinski definition) is 6. The number of amides is 1. The van der Waals surface area contributed by atoms with Gasteiger partial charge < -0.3 is 15.4 Å². The number of aromatic nitrogens is 2. The Morgan fingerprint density at radius 1 is 0.838 bits per heavy atom. The molecule has 0 fully saturated rings. The summed E-state index contributed by atoms with van der Waals surface area (Å²) < 4.78 is 5.76. The van der Waals surface area contributed by atoms with Crippen LogP contribution in [0.4, 0.5) is 17.2 Å². The highest BCUT2D eigenvalue weighted by atomic mass is 16.5. The lowest BCUT2D eigenvalue weighted by Gasteiger charge is -2.13. The van der Waals surface area contributed by atoms with Crippen molar-refractivity contribution < 1.29 is 9.53 Å². The molecule has 0 unspecified atom stereocenters. The zero-order chi connectivity index (χ0) is 25.0. The van der Waals surface area contributed by atoms with Crippen LogP contribution >= 0.6 is 0 Å². The summed E-state index contributed by atoms with van der Waals surface area (Å²) in [6.45, 7) is 0.619. The topological polar surface area (TPSA) is 88.5 Å². The van der Waals surface area contributed by atoms with Gasteiger partial charge in [0.2, 0.25) is 0 Å². The minimum atomic E-state index is -0.232. The molecule has 1 aliphatic rings. The van der Waals surface area contributed by atoms with E-state index in [2.05, 4.69) is 27.8 Å². The SMILES string of the molecule is O=C(COc1cccc(-c2nc(Nc3ccc4c(c3)C=NC4)c3ccccc3n2)c1)Nc1ccccc1. The lowest BCUT2D eigenvalue weighted by Crippen LogP contribution is -2.20. The number of carbonyl (C=O) groups is 1. The molecule has 0 spiro atoms. The lowest BCUT2D eigenvalue weighted by atomic mass is 10.1. The molecule has 0 bridgehead atoms. The number of fused-ring (bicyclic) bond motifs is 2. The Balaban J connectivity index is 1.25. The normalized spacial score (nSPS) is 11.8. The molecule has 37 heavy (non-hydrogen) atoms. The molecule has 0 aliphatic carbocycles. The Morgan fingerprint density at radius 3 is 2.62 bits per heavy atom. The highest BCUT2D eigenvalue weighted by molar-refractivity contribution is 5.93. The predicted molar refractivity (Wildman–Crippen MR) is 147 cm³/mol. The fourth-order valence-corrected chi connectivity index (χ4v) is 4.21. The first kappa shape index (κ1) is 22.4. The number of carbonyl (C=O) groups excluding carboxylic acids is 1. The van der Waals surface area contributed by atoms with E-state index in [4.69, 9.17) is 14.7 Å². The lowest BCUT2D eigenvalue weighted by molar-refractivity contribution is -0.118. The molecule has 1 aliphatic heterocycles. The largest absolute Gasteiger partial charge is 0.484 e. The summed E-state index contributed by atoms with van der Waals surface area (Å²) in [6, 6.07) is 30.8. The number of hydrogen-bond donors (Lipinski definition) is 2. The molecule has 0 saturated carbocycles. The standard InChI is InChI=1S/C30H23N5O2/c36-28(32-23-8-2-1-3-9-23)19-37-25-10-6-7-20(16-25)29-34-27-12-5-4-11-26(27)30(35-29)33-24-14-13-21-17-31-18-22(21)15-24/h1-16,18H,17,19H2,(H,32,36)(H,33,34,35). The summed E-state index contributed by atoms with van der Waals surface area (Å²) >= 11 is 0. The van der Waals surface area contributed by atoms with Gasteiger partial charge >= 0.3 is 0 Å². The van der Waals surface area contributed by atoms with E-state index in [1.54, 1.807) is 0 Å². The Morgan fingerprint density at radius 2 is 1.70 bits per heavy atom. The van der Waals surface area contributed by atoms with Crippen LogP contribution < -0.4 is 15.4 Å². The van der Waals surface area contributed by atoms with Crippen LogP contribution in [-0.2, 0) is 11.3 Å². The molecule has 2 heterocycles. The molecule has 5 aromatic rings. The van der Waals surface area contributed by atoms with E-state index < -0.39 is 0 Å². The smallest absolute Gasteiger partial charge is 0.262 e. The van der Waals surface area contributed by atoms with Crippen LogP contribution in [0.2, 0.25) is 0 Å². The molecular weight excluding hydrogens is 462 g/mol. The van der Waals surface area contributed by atoms with Crippen LogP contribution in [0.3, 0.4) is 0 Å². The molecule has 0 saturated heterocycles. The molecular formula is C30H23N5O2. The van der Waals surface area contributed by atoms with Crippen LogP contribution in [0.5, 0.6) is 5.75 Å². The second kappa shape index (κ2) is 9.91. The number of para-hydroxylation sites is 2. The minimum Gasteiger partial charge on any atom is -0.484 e. The number of rotatable bonds is 7. The first-order valence-electron chi connectivity index (χ1n) is 12.0. The van der Waals surface area contributed by atoms with Crippen LogP contribution in [0.25, 0.3) is 22.3 Å². The molecule has 7 nitrogen and oxygen atoms in total. The zero-order valence-electron chi connectivity index (χ0n) is 19.9. The van der Waals surface area contributed by atoms with Crippen molar-refractivity contribution in [3.8, 4) is 17.1 Å². The third-order valence-electron chi connectivity index (χ3n) is 6.02. The van der Waals surface area contributed by atoms with Crippen LogP contribution in [-0.4, -0.2) is 28.7 Å². The maximum Gasteiger partial charge on any atom is 0.262 e. The van der Waals surface area contributed by atoms with E-state index in [1.165, 1.54) is 5.56 Å². The molecule has 4 aromatic carbocycles. The van der Waals surface area contributed by atoms with Crippen LogP contribution in [0, 0.1) is 0 Å². The van der Waals surface area contributed by atoms with Crippen molar-refractivity contribution in [2.24, 2.45) is 4.99 Å². The van der Waals surface area contributed by atoms with Gasteiger partial charge in [0.05, 0.1) is 12.1 Å². The van der Waals surface area contributed by atoms with Gasteiger partial charge in [-0.15, -0.1) is 0 Å². The highest BCUT2D eigenvalue weighted by Crippen LogP contribution is 2.30. The zero-order valence-corrected chi connectivity index (χ0v) is 19.9. The number of nitrogens with zero attached hydrogens (tertiary/aromatic N) is 3. The summed E-state index contributed by atoms with van der Waals surface area (Å²) in [5.41, 5.74) is 5.61. The van der Waals surface area contributed by atoms with E-state index in [9.17, 15) is 4.79 Å². The molecule has 0 atom stereocenters. The second-order valence-electron chi connectivity index (χ2n) is 8.65. The fraction of sp³-hybridized carbons (Fsp3) is 0.0667. The molecule has 180 valence electrons. The van der Waals surface area contributed by atoms with Gasteiger partial charge in [-0.25, -0.2) is 9.97 Å². The van der Waals surface area contributed by atoms with Crippen molar-refractivity contribution in [2.75, 3.05) is 17.2 Å². The summed E-state index contributed by atoms with van der Waals surface area (Å²) in [6.07, 6.45) is 1.90. The van der Waals surface area contributed by atoms with Gasteiger partial charge in [-0.2, -0.15) is 0 Å². The number of benzene rings is 4. The number of ether oxygens (including phenoxy) is 1. The summed E-state index contributed by atoms with van der Waals surface area (Å²) in [7, 11) is 0. The van der Waals surface area contributed by atoms with Crippen LogP contribution in [0.1, 0.15) is 11.1 Å². The van der Waals surface area contributed by atoms with Gasteiger partial charge in [-0.3, -0.25) is 9.79 Å². The van der Waals surface area contributed by atoms with Gasteiger partial charge in [0.1, 0.15) is 11.6 Å².